The Hall–Kier alpha value is -0.510. The van der Waals surface area contributed by atoms with Crippen LogP contribution in [0.1, 0.15) is 19.4 Å². The maximum Gasteiger partial charge on any atom is 0.138 e. The topological polar surface area (TPSA) is 21.3 Å². The number of halogens is 2. The largest absolute Gasteiger partial charge is 0.488 e. The van der Waals surface area contributed by atoms with Gasteiger partial charge >= 0.3 is 0 Å². The van der Waals surface area contributed by atoms with Gasteiger partial charge in [0.15, 0.2) is 0 Å². The van der Waals surface area contributed by atoms with Gasteiger partial charge in [-0.2, -0.15) is 0 Å². The summed E-state index contributed by atoms with van der Waals surface area (Å²) in [5, 5.41) is 3.41. The minimum atomic E-state index is 0.475. The summed E-state index contributed by atoms with van der Waals surface area (Å²) in [6.07, 6.45) is 1.77. The van der Waals surface area contributed by atoms with Gasteiger partial charge in [-0.05, 0) is 40.5 Å². The fraction of sp³-hybridized carbons (Fsp3) is 0.429. The molecule has 1 rings (SSSR count). The van der Waals surface area contributed by atoms with Crippen LogP contribution in [0.2, 0.25) is 0 Å². The molecule has 0 atom stereocenters. The Morgan fingerprint density at radius 1 is 1.44 bits per heavy atom. The van der Waals surface area contributed by atoms with Crippen LogP contribution in [0.3, 0.4) is 0 Å². The van der Waals surface area contributed by atoms with E-state index >= 15 is 0 Å². The first-order valence-corrected chi connectivity index (χ1v) is 7.24. The van der Waals surface area contributed by atoms with Gasteiger partial charge in [-0.25, -0.2) is 0 Å². The molecular weight excluding hydrogens is 314 g/mol. The number of nitrogens with one attached hydrogen (secondary N) is 1. The number of ether oxygens (including phenoxy) is 1. The molecule has 0 spiro atoms. The summed E-state index contributed by atoms with van der Waals surface area (Å²) in [5.41, 5.74) is 2.61. The summed E-state index contributed by atoms with van der Waals surface area (Å²) in [7, 11) is 0. The molecule has 0 aliphatic rings. The number of benzene rings is 1. The minimum Gasteiger partial charge on any atom is -0.488 e. The Morgan fingerprint density at radius 3 is 2.89 bits per heavy atom. The van der Waals surface area contributed by atoms with Gasteiger partial charge in [0.25, 0.3) is 0 Å². The van der Waals surface area contributed by atoms with Crippen molar-refractivity contribution in [3.05, 3.63) is 39.8 Å². The second-order valence-corrected chi connectivity index (χ2v) is 5.53. The van der Waals surface area contributed by atoms with Crippen LogP contribution in [0.4, 0.5) is 0 Å². The fourth-order valence-electron chi connectivity index (χ4n) is 1.52. The van der Waals surface area contributed by atoms with Crippen LogP contribution >= 0.6 is 27.5 Å². The first kappa shape index (κ1) is 15.5. The first-order chi connectivity index (χ1) is 8.65. The van der Waals surface area contributed by atoms with E-state index in [1.807, 2.05) is 12.1 Å². The van der Waals surface area contributed by atoms with E-state index in [1.165, 1.54) is 5.54 Å². The number of hydrogen-bond acceptors (Lipinski definition) is 2. The molecule has 0 fully saturated rings. The van der Waals surface area contributed by atoms with Crippen molar-refractivity contribution in [3.8, 4) is 5.75 Å². The zero-order valence-electron chi connectivity index (χ0n) is 10.7. The molecule has 0 unspecified atom stereocenters. The molecule has 18 heavy (non-hydrogen) atoms. The van der Waals surface area contributed by atoms with Crippen molar-refractivity contribution in [2.75, 3.05) is 13.2 Å². The molecule has 1 N–H and O–H groups in total. The summed E-state index contributed by atoms with van der Waals surface area (Å²) < 4.78 is 6.67. The highest BCUT2D eigenvalue weighted by Gasteiger charge is 2.07. The van der Waals surface area contributed by atoms with Crippen molar-refractivity contribution < 1.29 is 4.74 Å². The van der Waals surface area contributed by atoms with Crippen LogP contribution < -0.4 is 10.1 Å². The van der Waals surface area contributed by atoms with Crippen LogP contribution in [0, 0.1) is 5.92 Å². The van der Waals surface area contributed by atoms with Gasteiger partial charge in [0, 0.05) is 17.6 Å². The highest BCUT2D eigenvalue weighted by molar-refractivity contribution is 9.10. The molecule has 0 saturated heterocycles. The lowest BCUT2D eigenvalue weighted by Gasteiger charge is -2.13. The second kappa shape index (κ2) is 8.57. The zero-order valence-corrected chi connectivity index (χ0v) is 13.1. The molecule has 2 nitrogen and oxygen atoms in total. The van der Waals surface area contributed by atoms with E-state index in [9.17, 15) is 0 Å². The highest BCUT2D eigenvalue weighted by atomic mass is 79.9. The normalized spacial score (nSPS) is 11.4. The van der Waals surface area contributed by atoms with E-state index in [1.54, 1.807) is 6.08 Å². The molecule has 0 saturated carbocycles. The molecule has 0 aliphatic heterocycles. The molecule has 4 heteroatoms. The summed E-state index contributed by atoms with van der Waals surface area (Å²) in [4.78, 5) is 0. The van der Waals surface area contributed by atoms with Crippen LogP contribution in [-0.2, 0) is 6.54 Å². The van der Waals surface area contributed by atoms with Crippen molar-refractivity contribution >= 4 is 27.5 Å². The molecule has 0 radical (unpaired) electrons. The van der Waals surface area contributed by atoms with Crippen LogP contribution in [-0.4, -0.2) is 13.2 Å². The molecule has 0 aromatic heterocycles. The summed E-state index contributed by atoms with van der Waals surface area (Å²) in [6.45, 7) is 6.65. The van der Waals surface area contributed by atoms with E-state index in [0.29, 0.717) is 12.5 Å². The minimum absolute atomic E-state index is 0.475. The molecule has 0 aliphatic carbocycles. The maximum atomic E-state index is 5.71. The highest BCUT2D eigenvalue weighted by Crippen LogP contribution is 2.29. The van der Waals surface area contributed by atoms with Crippen molar-refractivity contribution in [3.63, 3.8) is 0 Å². The predicted molar refractivity (Wildman–Crippen MR) is 81.2 cm³/mol. The third-order valence-corrected chi connectivity index (χ3v) is 3.13. The number of hydrogen-bond donors (Lipinski definition) is 1. The molecular formula is C14H19BrClNO. The lowest BCUT2D eigenvalue weighted by molar-refractivity contribution is 0.355. The molecule has 1 aromatic rings. The van der Waals surface area contributed by atoms with Crippen LogP contribution in [0.5, 0.6) is 5.75 Å². The molecule has 1 aromatic carbocycles. The van der Waals surface area contributed by atoms with Crippen LogP contribution in [0.25, 0.3) is 0 Å². The lowest BCUT2D eigenvalue weighted by atomic mass is 10.2. The average Bonchev–Trinajstić information content (AvgIpc) is 2.32. The molecule has 0 heterocycles. The molecule has 0 amide bonds. The standard InChI is InChI=1S/C14H19BrClNO/c1-11(2)9-17-10-12-5-3-6-13(15)14(12)18-8-4-7-16/h3-7,11,17H,8-10H2,1-2H3. The Labute approximate surface area is 122 Å². The lowest BCUT2D eigenvalue weighted by Crippen LogP contribution is -2.19. The van der Waals surface area contributed by atoms with E-state index in [-0.39, 0.29) is 0 Å². The van der Waals surface area contributed by atoms with Gasteiger partial charge in [0.1, 0.15) is 12.4 Å². The van der Waals surface area contributed by atoms with Gasteiger partial charge in [-0.1, -0.05) is 37.6 Å². The Kier molecular flexibility index (Phi) is 7.40. The van der Waals surface area contributed by atoms with Gasteiger partial charge in [0.05, 0.1) is 4.47 Å². The van der Waals surface area contributed by atoms with E-state index in [2.05, 4.69) is 41.2 Å². The third kappa shape index (κ3) is 5.42. The Morgan fingerprint density at radius 2 is 2.22 bits per heavy atom. The second-order valence-electron chi connectivity index (χ2n) is 4.43. The van der Waals surface area contributed by atoms with Crippen molar-refractivity contribution in [1.82, 2.24) is 5.32 Å². The summed E-state index contributed by atoms with van der Waals surface area (Å²) in [5.74, 6) is 1.52. The van der Waals surface area contributed by atoms with Gasteiger partial charge in [-0.3, -0.25) is 0 Å². The Balaban J connectivity index is 2.67. The molecule has 0 bridgehead atoms. The average molecular weight is 333 g/mol. The van der Waals surface area contributed by atoms with Crippen molar-refractivity contribution in [2.24, 2.45) is 5.92 Å². The SMILES string of the molecule is CC(C)CNCc1cccc(Br)c1OCC=CCl. The van der Waals surface area contributed by atoms with E-state index < -0.39 is 0 Å². The third-order valence-electron chi connectivity index (χ3n) is 2.33. The number of para-hydroxylation sites is 1. The Bertz CT molecular complexity index is 393. The monoisotopic (exact) mass is 331 g/mol. The van der Waals surface area contributed by atoms with Gasteiger partial charge < -0.3 is 10.1 Å². The van der Waals surface area contributed by atoms with E-state index in [0.717, 1.165) is 28.9 Å². The van der Waals surface area contributed by atoms with Crippen LogP contribution in [0.15, 0.2) is 34.3 Å². The van der Waals surface area contributed by atoms with Gasteiger partial charge in [-0.15, -0.1) is 0 Å². The van der Waals surface area contributed by atoms with E-state index in [4.69, 9.17) is 16.3 Å². The van der Waals surface area contributed by atoms with Gasteiger partial charge in [0.2, 0.25) is 0 Å². The number of rotatable bonds is 7. The zero-order chi connectivity index (χ0) is 13.4. The smallest absolute Gasteiger partial charge is 0.138 e. The van der Waals surface area contributed by atoms with Crippen molar-refractivity contribution in [1.29, 1.82) is 0 Å². The first-order valence-electron chi connectivity index (χ1n) is 6.01. The summed E-state index contributed by atoms with van der Waals surface area (Å²) in [6, 6.07) is 6.06. The predicted octanol–water partition coefficient (Wildman–Crippen LogP) is 4.33. The fourth-order valence-corrected chi connectivity index (χ4v) is 2.11. The molecule has 100 valence electrons. The van der Waals surface area contributed by atoms with Crippen molar-refractivity contribution in [2.45, 2.75) is 20.4 Å². The maximum absolute atomic E-state index is 5.71. The summed E-state index contributed by atoms with van der Waals surface area (Å²) >= 11 is 8.99. The quantitative estimate of drug-likeness (QED) is 0.802.